The number of nitro groups is 1. The van der Waals surface area contributed by atoms with E-state index in [1.54, 1.807) is 19.2 Å². The molecule has 0 aromatic heterocycles. The van der Waals surface area contributed by atoms with Gasteiger partial charge in [-0.1, -0.05) is 17.7 Å². The van der Waals surface area contributed by atoms with Gasteiger partial charge in [-0.05, 0) is 13.1 Å². The molecule has 0 heterocycles. The van der Waals surface area contributed by atoms with Gasteiger partial charge in [0.2, 0.25) is 0 Å². The highest BCUT2D eigenvalue weighted by atomic mass is 35.5. The average Bonchev–Trinajstić information content (AvgIpc) is 2.25. The van der Waals surface area contributed by atoms with Crippen molar-refractivity contribution in [2.24, 2.45) is 0 Å². The minimum absolute atomic E-state index is 0.00282. The summed E-state index contributed by atoms with van der Waals surface area (Å²) in [6, 6.07) is 4.59. The van der Waals surface area contributed by atoms with Crippen molar-refractivity contribution in [2.75, 3.05) is 20.2 Å². The number of halogens is 1. The Labute approximate surface area is 98.5 Å². The van der Waals surface area contributed by atoms with Gasteiger partial charge in [-0.3, -0.25) is 10.1 Å². The molecule has 0 aliphatic heterocycles. The van der Waals surface area contributed by atoms with Crippen molar-refractivity contribution in [3.63, 3.8) is 0 Å². The summed E-state index contributed by atoms with van der Waals surface area (Å²) in [6.07, 6.45) is 0. The van der Waals surface area contributed by atoms with Crippen LogP contribution >= 0.6 is 11.6 Å². The summed E-state index contributed by atoms with van der Waals surface area (Å²) in [5, 5.41) is 14.0. The van der Waals surface area contributed by atoms with Gasteiger partial charge in [0.25, 0.3) is 5.69 Å². The second-order valence-corrected chi connectivity index (χ2v) is 3.56. The number of nitro benzene ring substituents is 1. The molecule has 1 aromatic rings. The molecule has 0 unspecified atom stereocenters. The van der Waals surface area contributed by atoms with Crippen LogP contribution in [0.2, 0.25) is 5.02 Å². The molecular formula is C10H13ClN2O3. The van der Waals surface area contributed by atoms with Gasteiger partial charge >= 0.3 is 0 Å². The number of hydrogen-bond acceptors (Lipinski definition) is 4. The minimum atomic E-state index is -0.456. The van der Waals surface area contributed by atoms with Gasteiger partial charge < -0.3 is 10.1 Å². The van der Waals surface area contributed by atoms with Gasteiger partial charge in [-0.15, -0.1) is 0 Å². The molecule has 0 saturated carbocycles. The van der Waals surface area contributed by atoms with Gasteiger partial charge in [-0.2, -0.15) is 0 Å². The molecule has 88 valence electrons. The number of ether oxygens (including phenoxy) is 1. The predicted octanol–water partition coefficient (Wildman–Crippen LogP) is 1.98. The van der Waals surface area contributed by atoms with Crippen LogP contribution in [0.3, 0.4) is 0 Å². The van der Waals surface area contributed by atoms with Crippen LogP contribution < -0.4 is 5.32 Å². The van der Waals surface area contributed by atoms with E-state index >= 15 is 0 Å². The monoisotopic (exact) mass is 244 g/mol. The maximum absolute atomic E-state index is 10.7. The number of benzene rings is 1. The van der Waals surface area contributed by atoms with Crippen LogP contribution in [0.15, 0.2) is 18.2 Å². The zero-order valence-corrected chi connectivity index (χ0v) is 9.66. The summed E-state index contributed by atoms with van der Waals surface area (Å²) in [5.41, 5.74) is 0.419. The van der Waals surface area contributed by atoms with Gasteiger partial charge in [0, 0.05) is 12.6 Å². The van der Waals surface area contributed by atoms with Crippen molar-refractivity contribution in [1.82, 2.24) is 5.32 Å². The van der Waals surface area contributed by atoms with E-state index in [0.717, 1.165) is 0 Å². The van der Waals surface area contributed by atoms with Gasteiger partial charge in [0.15, 0.2) is 0 Å². The van der Waals surface area contributed by atoms with Crippen molar-refractivity contribution < 1.29 is 9.66 Å². The van der Waals surface area contributed by atoms with Crippen LogP contribution in [-0.2, 0) is 11.3 Å². The third-order valence-corrected chi connectivity index (χ3v) is 2.39. The first kappa shape index (κ1) is 12.9. The van der Waals surface area contributed by atoms with Crippen LogP contribution in [0, 0.1) is 10.1 Å². The van der Waals surface area contributed by atoms with Crippen molar-refractivity contribution in [3.05, 3.63) is 38.9 Å². The van der Waals surface area contributed by atoms with E-state index in [9.17, 15) is 10.1 Å². The Bertz CT molecular complexity index is 371. The van der Waals surface area contributed by atoms with Gasteiger partial charge in [0.1, 0.15) is 0 Å². The minimum Gasteiger partial charge on any atom is -0.375 e. The first-order chi connectivity index (χ1) is 7.66. The maximum Gasteiger partial charge on any atom is 0.276 e. The lowest BCUT2D eigenvalue weighted by atomic mass is 10.2. The van der Waals surface area contributed by atoms with Crippen molar-refractivity contribution >= 4 is 17.3 Å². The summed E-state index contributed by atoms with van der Waals surface area (Å²) in [6.45, 7) is 1.33. The molecule has 16 heavy (non-hydrogen) atoms. The number of nitrogens with one attached hydrogen (secondary N) is 1. The molecule has 0 saturated heterocycles. The highest BCUT2D eigenvalue weighted by molar-refractivity contribution is 6.31. The molecule has 0 radical (unpaired) electrons. The third-order valence-electron chi connectivity index (χ3n) is 2.03. The Hall–Kier alpha value is -1.17. The summed E-state index contributed by atoms with van der Waals surface area (Å²) < 4.78 is 5.28. The molecule has 0 aliphatic carbocycles. The summed E-state index contributed by atoms with van der Waals surface area (Å²) in [5.74, 6) is 0. The molecule has 0 spiro atoms. The van der Waals surface area contributed by atoms with E-state index in [4.69, 9.17) is 16.3 Å². The molecule has 0 fully saturated rings. The zero-order chi connectivity index (χ0) is 12.0. The predicted molar refractivity (Wildman–Crippen MR) is 61.7 cm³/mol. The fourth-order valence-corrected chi connectivity index (χ4v) is 1.43. The van der Waals surface area contributed by atoms with E-state index in [-0.39, 0.29) is 12.3 Å². The smallest absolute Gasteiger partial charge is 0.276 e. The molecule has 1 aromatic carbocycles. The van der Waals surface area contributed by atoms with Gasteiger partial charge in [-0.25, -0.2) is 0 Å². The van der Waals surface area contributed by atoms with E-state index in [0.29, 0.717) is 23.7 Å². The lowest BCUT2D eigenvalue weighted by Gasteiger charge is -2.06. The SMILES string of the molecule is CNCCOCc1c(Cl)cccc1[N+](=O)[O-]. The quantitative estimate of drug-likeness (QED) is 0.472. The fourth-order valence-electron chi connectivity index (χ4n) is 1.21. The molecule has 6 heteroatoms. The molecular weight excluding hydrogens is 232 g/mol. The highest BCUT2D eigenvalue weighted by Crippen LogP contribution is 2.26. The van der Waals surface area contributed by atoms with Crippen LogP contribution in [0.5, 0.6) is 0 Å². The fraction of sp³-hybridized carbons (Fsp3) is 0.400. The summed E-state index contributed by atoms with van der Waals surface area (Å²) in [4.78, 5) is 10.3. The number of rotatable bonds is 6. The third kappa shape index (κ3) is 3.44. The molecule has 0 bridgehead atoms. The number of hydrogen-bond donors (Lipinski definition) is 1. The Balaban J connectivity index is 2.73. The zero-order valence-electron chi connectivity index (χ0n) is 8.90. The number of likely N-dealkylation sites (N-methyl/N-ethyl adjacent to an activating group) is 1. The van der Waals surface area contributed by atoms with Crippen LogP contribution in [0.4, 0.5) is 5.69 Å². The van der Waals surface area contributed by atoms with Crippen LogP contribution in [0.25, 0.3) is 0 Å². The molecule has 0 amide bonds. The van der Waals surface area contributed by atoms with Gasteiger partial charge in [0.05, 0.1) is 28.7 Å². The highest BCUT2D eigenvalue weighted by Gasteiger charge is 2.16. The molecule has 0 atom stereocenters. The second-order valence-electron chi connectivity index (χ2n) is 3.15. The Kier molecular flexibility index (Phi) is 5.18. The number of nitrogens with zero attached hydrogens (tertiary/aromatic N) is 1. The average molecular weight is 245 g/mol. The summed E-state index contributed by atoms with van der Waals surface area (Å²) >= 11 is 5.89. The lowest BCUT2D eigenvalue weighted by molar-refractivity contribution is -0.385. The Morgan fingerprint density at radius 2 is 2.31 bits per heavy atom. The first-order valence-corrected chi connectivity index (χ1v) is 5.18. The molecule has 0 aliphatic rings. The van der Waals surface area contributed by atoms with Crippen LogP contribution in [-0.4, -0.2) is 25.1 Å². The van der Waals surface area contributed by atoms with Crippen molar-refractivity contribution in [3.8, 4) is 0 Å². The first-order valence-electron chi connectivity index (χ1n) is 4.81. The van der Waals surface area contributed by atoms with E-state index in [2.05, 4.69) is 5.32 Å². The molecule has 5 nitrogen and oxygen atoms in total. The Morgan fingerprint density at radius 3 is 2.94 bits per heavy atom. The largest absolute Gasteiger partial charge is 0.375 e. The van der Waals surface area contributed by atoms with E-state index < -0.39 is 4.92 Å². The Morgan fingerprint density at radius 1 is 1.56 bits per heavy atom. The second kappa shape index (κ2) is 6.42. The van der Waals surface area contributed by atoms with Crippen LogP contribution in [0.1, 0.15) is 5.56 Å². The normalized spacial score (nSPS) is 10.4. The molecule has 1 N–H and O–H groups in total. The maximum atomic E-state index is 10.7. The lowest BCUT2D eigenvalue weighted by Crippen LogP contribution is -2.14. The standard InChI is InChI=1S/C10H13ClN2O3/c1-12-5-6-16-7-8-9(11)3-2-4-10(8)13(14)15/h2-4,12H,5-7H2,1H3. The topological polar surface area (TPSA) is 64.4 Å². The van der Waals surface area contributed by atoms with Crippen molar-refractivity contribution in [1.29, 1.82) is 0 Å². The summed E-state index contributed by atoms with van der Waals surface area (Å²) in [7, 11) is 1.81. The van der Waals surface area contributed by atoms with E-state index in [1.165, 1.54) is 6.07 Å². The van der Waals surface area contributed by atoms with E-state index in [1.807, 2.05) is 0 Å². The van der Waals surface area contributed by atoms with Crippen molar-refractivity contribution in [2.45, 2.75) is 6.61 Å². The molecule has 1 rings (SSSR count).